The van der Waals surface area contributed by atoms with Crippen molar-refractivity contribution in [1.82, 2.24) is 10.2 Å². The summed E-state index contributed by atoms with van der Waals surface area (Å²) < 4.78 is 5.12. The van der Waals surface area contributed by atoms with Crippen molar-refractivity contribution in [3.8, 4) is 11.5 Å². The van der Waals surface area contributed by atoms with E-state index in [9.17, 15) is 24.6 Å². The lowest BCUT2D eigenvalue weighted by molar-refractivity contribution is -0.150. The van der Waals surface area contributed by atoms with E-state index in [1.807, 2.05) is 30.3 Å². The van der Waals surface area contributed by atoms with Crippen LogP contribution in [0.25, 0.3) is 0 Å². The fourth-order valence-electron chi connectivity index (χ4n) is 3.90. The molecule has 32 heavy (non-hydrogen) atoms. The Bertz CT molecular complexity index is 1100. The minimum absolute atomic E-state index is 0.00576. The number of nitrogens with one attached hydrogen (secondary N) is 1. The van der Waals surface area contributed by atoms with Crippen LogP contribution in [0.1, 0.15) is 11.1 Å². The zero-order chi connectivity index (χ0) is 22.8. The number of aromatic hydroxyl groups is 1. The molecule has 2 amide bonds. The van der Waals surface area contributed by atoms with Gasteiger partial charge in [0.2, 0.25) is 5.91 Å². The highest BCUT2D eigenvalue weighted by Gasteiger charge is 2.54. The van der Waals surface area contributed by atoms with Crippen LogP contribution >= 0.6 is 11.8 Å². The molecule has 2 heterocycles. The molecular weight excluding hydrogens is 432 g/mol. The fourth-order valence-corrected chi connectivity index (χ4v) is 5.25. The first-order valence-electron chi connectivity index (χ1n) is 9.98. The van der Waals surface area contributed by atoms with Crippen LogP contribution in [-0.2, 0) is 27.2 Å². The van der Waals surface area contributed by atoms with Crippen LogP contribution in [0.3, 0.4) is 0 Å². The lowest BCUT2D eigenvalue weighted by Crippen LogP contribution is -2.70. The molecule has 9 heteroatoms. The number of hydrogen-bond acceptors (Lipinski definition) is 6. The predicted molar refractivity (Wildman–Crippen MR) is 118 cm³/mol. The van der Waals surface area contributed by atoms with Crippen LogP contribution in [0.4, 0.5) is 0 Å². The van der Waals surface area contributed by atoms with E-state index >= 15 is 0 Å². The zero-order valence-electron chi connectivity index (χ0n) is 17.3. The molecule has 3 N–H and O–H groups in total. The lowest BCUT2D eigenvalue weighted by Gasteiger charge is -2.49. The van der Waals surface area contributed by atoms with Gasteiger partial charge in [0, 0.05) is 5.75 Å². The molecule has 166 valence electrons. The summed E-state index contributed by atoms with van der Waals surface area (Å²) >= 11 is 1.42. The summed E-state index contributed by atoms with van der Waals surface area (Å²) in [5.74, 6) is -1.20. The van der Waals surface area contributed by atoms with Crippen LogP contribution < -0.4 is 10.1 Å². The number of benzene rings is 2. The summed E-state index contributed by atoms with van der Waals surface area (Å²) in [6.07, 6.45) is 0.449. The van der Waals surface area contributed by atoms with Gasteiger partial charge in [0.15, 0.2) is 11.5 Å². The average molecular weight is 455 g/mol. The minimum atomic E-state index is -1.18. The number of phenols is 1. The molecule has 0 bridgehead atoms. The van der Waals surface area contributed by atoms with E-state index in [1.54, 1.807) is 12.1 Å². The maximum absolute atomic E-state index is 12.8. The van der Waals surface area contributed by atoms with Crippen LogP contribution in [-0.4, -0.2) is 57.2 Å². The van der Waals surface area contributed by atoms with Crippen molar-refractivity contribution in [2.24, 2.45) is 0 Å². The van der Waals surface area contributed by atoms with Crippen LogP contribution in [0.5, 0.6) is 11.5 Å². The number of β-lactam (4-membered cyclic amide) rings is 1. The number of carboxylic acids is 1. The fraction of sp³-hybridized carbons (Fsp3) is 0.261. The topological polar surface area (TPSA) is 116 Å². The standard InChI is InChI=1S/C23H22N2O6S/c1-31-17-10-14(7-8-16(17)26)9-15-12-32-22-19(21(28)25(22)20(15)23(29)30)24-18(27)11-13-5-3-2-4-6-13/h2-8,10,19,22,26H,9,11-12H2,1H3,(H,24,27)(H,29,30)/t19-,22-/m1/s1. The summed E-state index contributed by atoms with van der Waals surface area (Å²) in [6.45, 7) is 0. The Balaban J connectivity index is 1.49. The number of ether oxygens (including phenoxy) is 1. The number of hydrogen-bond donors (Lipinski definition) is 3. The molecule has 1 fully saturated rings. The number of methoxy groups -OCH3 is 1. The third kappa shape index (κ3) is 4.16. The number of nitrogens with zero attached hydrogens (tertiary/aromatic N) is 1. The summed E-state index contributed by atoms with van der Waals surface area (Å²) in [7, 11) is 1.44. The molecule has 1 saturated heterocycles. The molecule has 0 aromatic heterocycles. The van der Waals surface area contributed by atoms with E-state index < -0.39 is 23.3 Å². The van der Waals surface area contributed by atoms with Crippen molar-refractivity contribution in [1.29, 1.82) is 0 Å². The molecular formula is C23H22N2O6S. The molecule has 0 saturated carbocycles. The number of rotatable bonds is 7. The highest BCUT2D eigenvalue weighted by molar-refractivity contribution is 8.00. The summed E-state index contributed by atoms with van der Waals surface area (Å²) in [5.41, 5.74) is 2.14. The highest BCUT2D eigenvalue weighted by atomic mass is 32.2. The Kier molecular flexibility index (Phi) is 6.09. The molecule has 4 rings (SSSR count). The smallest absolute Gasteiger partial charge is 0.352 e. The van der Waals surface area contributed by atoms with Gasteiger partial charge in [-0.1, -0.05) is 36.4 Å². The molecule has 2 aliphatic rings. The van der Waals surface area contributed by atoms with Gasteiger partial charge in [-0.3, -0.25) is 14.5 Å². The van der Waals surface area contributed by atoms with Gasteiger partial charge in [0.1, 0.15) is 17.1 Å². The molecule has 2 aromatic carbocycles. The minimum Gasteiger partial charge on any atom is -0.504 e. The van der Waals surface area contributed by atoms with Gasteiger partial charge in [0.05, 0.1) is 13.5 Å². The first kappa shape index (κ1) is 21.8. The Hall–Kier alpha value is -3.46. The van der Waals surface area contributed by atoms with Crippen LogP contribution in [0.15, 0.2) is 59.8 Å². The maximum Gasteiger partial charge on any atom is 0.352 e. The Morgan fingerprint density at radius 3 is 2.62 bits per heavy atom. The predicted octanol–water partition coefficient (Wildman–Crippen LogP) is 1.92. The Morgan fingerprint density at radius 2 is 1.94 bits per heavy atom. The van der Waals surface area contributed by atoms with Gasteiger partial charge in [-0.15, -0.1) is 11.8 Å². The number of carbonyl (C=O) groups is 3. The van der Waals surface area contributed by atoms with Crippen LogP contribution in [0.2, 0.25) is 0 Å². The number of carbonyl (C=O) groups excluding carboxylic acids is 2. The van der Waals surface area contributed by atoms with Crippen molar-refractivity contribution in [2.45, 2.75) is 24.3 Å². The normalized spacial score (nSPS) is 19.8. The first-order chi connectivity index (χ1) is 15.4. The molecule has 2 atom stereocenters. The van der Waals surface area contributed by atoms with Gasteiger partial charge < -0.3 is 20.3 Å². The highest BCUT2D eigenvalue weighted by Crippen LogP contribution is 2.41. The monoisotopic (exact) mass is 454 g/mol. The Labute approximate surface area is 188 Å². The van der Waals surface area contributed by atoms with E-state index in [2.05, 4.69) is 5.32 Å². The van der Waals surface area contributed by atoms with Crippen molar-refractivity contribution in [3.63, 3.8) is 0 Å². The van der Waals surface area contributed by atoms with E-state index in [4.69, 9.17) is 4.74 Å². The largest absolute Gasteiger partial charge is 0.504 e. The van der Waals surface area contributed by atoms with Crippen molar-refractivity contribution < 1.29 is 29.3 Å². The third-order valence-electron chi connectivity index (χ3n) is 5.44. The van der Waals surface area contributed by atoms with Crippen molar-refractivity contribution in [2.75, 3.05) is 12.9 Å². The molecule has 2 aromatic rings. The van der Waals surface area contributed by atoms with Crippen LogP contribution in [0, 0.1) is 0 Å². The number of thioether (sulfide) groups is 1. The first-order valence-corrected chi connectivity index (χ1v) is 11.0. The molecule has 0 radical (unpaired) electrons. The second-order valence-corrected chi connectivity index (χ2v) is 8.66. The molecule has 0 aliphatic carbocycles. The van der Waals surface area contributed by atoms with Crippen molar-refractivity contribution >= 4 is 29.5 Å². The average Bonchev–Trinajstić information content (AvgIpc) is 2.78. The number of carboxylic acid groups (broad SMARTS) is 1. The number of phenolic OH excluding ortho intramolecular Hbond substituents is 1. The zero-order valence-corrected chi connectivity index (χ0v) is 18.1. The molecule has 2 aliphatic heterocycles. The molecule has 0 spiro atoms. The summed E-state index contributed by atoms with van der Waals surface area (Å²) in [4.78, 5) is 38.5. The van der Waals surface area contributed by atoms with E-state index in [1.165, 1.54) is 29.8 Å². The summed E-state index contributed by atoms with van der Waals surface area (Å²) in [6, 6.07) is 13.3. The van der Waals surface area contributed by atoms with Crippen molar-refractivity contribution in [3.05, 3.63) is 70.9 Å². The lowest BCUT2D eigenvalue weighted by atomic mass is 9.98. The van der Waals surface area contributed by atoms with Gasteiger partial charge in [-0.25, -0.2) is 4.79 Å². The second-order valence-electron chi connectivity index (χ2n) is 7.56. The van der Waals surface area contributed by atoms with Gasteiger partial charge >= 0.3 is 5.97 Å². The third-order valence-corrected chi connectivity index (χ3v) is 6.78. The number of amides is 2. The van der Waals surface area contributed by atoms with Gasteiger partial charge in [-0.2, -0.15) is 0 Å². The maximum atomic E-state index is 12.8. The Morgan fingerprint density at radius 1 is 1.19 bits per heavy atom. The van der Waals surface area contributed by atoms with Gasteiger partial charge in [0.25, 0.3) is 5.91 Å². The van der Waals surface area contributed by atoms with E-state index in [0.29, 0.717) is 23.5 Å². The number of aliphatic carboxylic acids is 1. The molecule has 8 nitrogen and oxygen atoms in total. The SMILES string of the molecule is COc1cc(CC2=C(C(=O)O)N3C(=O)[C@@H](NC(=O)Cc4ccccc4)[C@H]3SC2)ccc1O. The quantitative estimate of drug-likeness (QED) is 0.548. The second kappa shape index (κ2) is 8.96. The molecule has 0 unspecified atom stereocenters. The summed E-state index contributed by atoms with van der Waals surface area (Å²) in [5, 5.41) is 21.9. The van der Waals surface area contributed by atoms with Gasteiger partial charge in [-0.05, 0) is 35.3 Å². The number of fused-ring (bicyclic) bond motifs is 1. The van der Waals surface area contributed by atoms with E-state index in [-0.39, 0.29) is 23.8 Å². The van der Waals surface area contributed by atoms with E-state index in [0.717, 1.165) is 11.1 Å².